The second kappa shape index (κ2) is 8.44. The molecule has 0 unspecified atom stereocenters. The summed E-state index contributed by atoms with van der Waals surface area (Å²) in [6, 6.07) is 14.7. The lowest BCUT2D eigenvalue weighted by atomic mass is 9.94. The number of fused-ring (bicyclic) bond motifs is 1. The van der Waals surface area contributed by atoms with Crippen LogP contribution in [0, 0.1) is 0 Å². The zero-order chi connectivity index (χ0) is 22.9. The number of sulfonamides is 1. The Hall–Kier alpha value is -3.11. The molecule has 0 aromatic heterocycles. The number of hydrogen-bond donors (Lipinski definition) is 1. The highest BCUT2D eigenvalue weighted by Gasteiger charge is 2.49. The Morgan fingerprint density at radius 2 is 1.81 bits per heavy atom. The fraction of sp³-hybridized carbons (Fsp3) is 0.364. The summed E-state index contributed by atoms with van der Waals surface area (Å²) in [5, 5.41) is 2.86. The third-order valence-electron chi connectivity index (χ3n) is 5.72. The monoisotopic (exact) mass is 459 g/mol. The van der Waals surface area contributed by atoms with Gasteiger partial charge in [-0.05, 0) is 30.2 Å². The quantitative estimate of drug-likeness (QED) is 0.694. The van der Waals surface area contributed by atoms with Gasteiger partial charge in [-0.15, -0.1) is 0 Å². The molecular formula is C22H25N3O6S. The summed E-state index contributed by atoms with van der Waals surface area (Å²) in [5.41, 5.74) is 0.246. The van der Waals surface area contributed by atoms with E-state index in [4.69, 9.17) is 9.47 Å². The third-order valence-corrected chi connectivity index (χ3v) is 6.92. The molecule has 4 rings (SSSR count). The van der Waals surface area contributed by atoms with Gasteiger partial charge in [0, 0.05) is 19.6 Å². The van der Waals surface area contributed by atoms with Crippen LogP contribution in [0.15, 0.2) is 48.5 Å². The van der Waals surface area contributed by atoms with E-state index in [0.29, 0.717) is 11.5 Å². The van der Waals surface area contributed by atoms with Gasteiger partial charge in [0.05, 0.1) is 12.8 Å². The summed E-state index contributed by atoms with van der Waals surface area (Å²) >= 11 is 0. The minimum Gasteiger partial charge on any atom is -0.454 e. The molecule has 2 aromatic carbocycles. The van der Waals surface area contributed by atoms with Crippen LogP contribution in [0.3, 0.4) is 0 Å². The van der Waals surface area contributed by atoms with Gasteiger partial charge in [0.2, 0.25) is 28.6 Å². The summed E-state index contributed by atoms with van der Waals surface area (Å²) < 4.78 is 36.2. The number of piperazine rings is 1. The third kappa shape index (κ3) is 4.42. The van der Waals surface area contributed by atoms with Gasteiger partial charge in [-0.2, -0.15) is 4.31 Å². The van der Waals surface area contributed by atoms with Crippen molar-refractivity contribution in [1.82, 2.24) is 14.5 Å². The summed E-state index contributed by atoms with van der Waals surface area (Å²) in [7, 11) is -3.67. The molecule has 0 saturated carbocycles. The van der Waals surface area contributed by atoms with Crippen molar-refractivity contribution in [3.63, 3.8) is 0 Å². The number of benzene rings is 2. The fourth-order valence-electron chi connectivity index (χ4n) is 3.88. The lowest BCUT2D eigenvalue weighted by Crippen LogP contribution is -2.69. The molecule has 2 aliphatic rings. The van der Waals surface area contributed by atoms with Gasteiger partial charge >= 0.3 is 0 Å². The molecule has 0 aliphatic carbocycles. The number of ether oxygens (including phenoxy) is 2. The predicted octanol–water partition coefficient (Wildman–Crippen LogP) is 1.09. The predicted molar refractivity (Wildman–Crippen MR) is 116 cm³/mol. The van der Waals surface area contributed by atoms with E-state index in [1.165, 1.54) is 4.90 Å². The van der Waals surface area contributed by atoms with E-state index in [1.807, 2.05) is 30.3 Å². The van der Waals surface area contributed by atoms with Gasteiger partial charge < -0.3 is 19.7 Å². The first-order valence-corrected chi connectivity index (χ1v) is 12.0. The molecule has 10 heteroatoms. The highest BCUT2D eigenvalue weighted by Crippen LogP contribution is 2.34. The Balaban J connectivity index is 1.61. The first-order chi connectivity index (χ1) is 15.2. The molecule has 2 amide bonds. The smallest absolute Gasteiger partial charge is 0.247 e. The van der Waals surface area contributed by atoms with Crippen LogP contribution in [0.4, 0.5) is 0 Å². The van der Waals surface area contributed by atoms with Crippen LogP contribution in [0.25, 0.3) is 0 Å². The van der Waals surface area contributed by atoms with E-state index in [1.54, 1.807) is 25.1 Å². The van der Waals surface area contributed by atoms with Gasteiger partial charge in [-0.25, -0.2) is 8.42 Å². The van der Waals surface area contributed by atoms with Crippen LogP contribution >= 0.6 is 0 Å². The molecule has 9 nitrogen and oxygen atoms in total. The maximum atomic E-state index is 13.3. The molecule has 0 bridgehead atoms. The number of nitrogens with zero attached hydrogens (tertiary/aromatic N) is 2. The van der Waals surface area contributed by atoms with E-state index < -0.39 is 27.4 Å². The van der Waals surface area contributed by atoms with Crippen LogP contribution < -0.4 is 14.8 Å². The van der Waals surface area contributed by atoms with Gasteiger partial charge in [0.25, 0.3) is 0 Å². The molecule has 170 valence electrons. The topological polar surface area (TPSA) is 105 Å². The second-order valence-electron chi connectivity index (χ2n) is 8.14. The van der Waals surface area contributed by atoms with Crippen LogP contribution in [0.5, 0.6) is 11.5 Å². The number of carbonyl (C=O) groups excluding carboxylic acids is 2. The summed E-state index contributed by atoms with van der Waals surface area (Å²) in [4.78, 5) is 27.8. The van der Waals surface area contributed by atoms with Crippen LogP contribution in [0.1, 0.15) is 18.1 Å². The average molecular weight is 460 g/mol. The fourth-order valence-corrected chi connectivity index (χ4v) is 4.71. The highest BCUT2D eigenvalue weighted by molar-refractivity contribution is 7.88. The van der Waals surface area contributed by atoms with Crippen molar-refractivity contribution in [3.05, 3.63) is 59.7 Å². The zero-order valence-corrected chi connectivity index (χ0v) is 18.7. The number of nitrogens with one attached hydrogen (secondary N) is 1. The van der Waals surface area contributed by atoms with E-state index >= 15 is 0 Å². The van der Waals surface area contributed by atoms with E-state index in [-0.39, 0.29) is 33.0 Å². The van der Waals surface area contributed by atoms with Crippen molar-refractivity contribution in [2.75, 3.05) is 26.1 Å². The van der Waals surface area contributed by atoms with E-state index in [0.717, 1.165) is 21.7 Å². The molecule has 1 atom stereocenters. The Bertz CT molecular complexity index is 1140. The Kier molecular flexibility index (Phi) is 5.83. The normalized spacial score (nSPS) is 20.9. The first-order valence-electron chi connectivity index (χ1n) is 10.1. The molecule has 0 radical (unpaired) electrons. The molecule has 1 fully saturated rings. The number of hydrogen-bond acceptors (Lipinski definition) is 6. The van der Waals surface area contributed by atoms with Crippen molar-refractivity contribution in [2.45, 2.75) is 25.6 Å². The molecule has 1 N–H and O–H groups in total. The van der Waals surface area contributed by atoms with Crippen molar-refractivity contribution < 1.29 is 27.5 Å². The molecule has 32 heavy (non-hydrogen) atoms. The van der Waals surface area contributed by atoms with Crippen molar-refractivity contribution in [3.8, 4) is 11.5 Å². The zero-order valence-electron chi connectivity index (χ0n) is 17.9. The minimum atomic E-state index is -3.67. The van der Waals surface area contributed by atoms with Gasteiger partial charge in [0.15, 0.2) is 11.5 Å². The average Bonchev–Trinajstić information content (AvgIpc) is 3.22. The highest BCUT2D eigenvalue weighted by atomic mass is 32.2. The minimum absolute atomic E-state index is 0.127. The molecule has 0 spiro atoms. The van der Waals surface area contributed by atoms with Gasteiger partial charge in [-0.1, -0.05) is 36.4 Å². The lowest BCUT2D eigenvalue weighted by molar-refractivity contribution is -0.153. The summed E-state index contributed by atoms with van der Waals surface area (Å²) in [6.07, 6.45) is 1.04. The molecule has 2 aliphatic heterocycles. The molecule has 2 heterocycles. The number of amides is 2. The van der Waals surface area contributed by atoms with Gasteiger partial charge in [0.1, 0.15) is 5.54 Å². The molecular weight excluding hydrogens is 434 g/mol. The Labute approximate surface area is 187 Å². The largest absolute Gasteiger partial charge is 0.454 e. The maximum absolute atomic E-state index is 13.3. The SMILES string of the molecule is C[C@]1(C(=O)NCc2ccccc2)CN(S(C)(=O)=O)CC(=O)N1Cc1ccc2c(c1)OCO2. The summed E-state index contributed by atoms with van der Waals surface area (Å²) in [6.45, 7) is 1.66. The molecule has 2 aromatic rings. The van der Waals surface area contributed by atoms with Gasteiger partial charge in [-0.3, -0.25) is 9.59 Å². The lowest BCUT2D eigenvalue weighted by Gasteiger charge is -2.46. The second-order valence-corrected chi connectivity index (χ2v) is 10.1. The van der Waals surface area contributed by atoms with Crippen LogP contribution in [-0.2, 0) is 32.7 Å². The standard InChI is InChI=1S/C22H25N3O6S/c1-22(21(27)23-11-16-6-4-3-5-7-16)14-24(32(2,28)29)13-20(26)25(22)12-17-8-9-18-19(10-17)31-15-30-18/h3-10H,11-15H2,1-2H3,(H,23,27)/t22-/m1/s1. The number of rotatable bonds is 6. The maximum Gasteiger partial charge on any atom is 0.247 e. The Morgan fingerprint density at radius 1 is 1.09 bits per heavy atom. The van der Waals surface area contributed by atoms with E-state index in [2.05, 4.69) is 5.32 Å². The summed E-state index contributed by atoms with van der Waals surface area (Å²) in [5.74, 6) is 0.311. The Morgan fingerprint density at radius 3 is 2.53 bits per heavy atom. The number of carbonyl (C=O) groups is 2. The van der Waals surface area contributed by atoms with Crippen molar-refractivity contribution >= 4 is 21.8 Å². The first kappa shape index (κ1) is 22.1. The van der Waals surface area contributed by atoms with Crippen molar-refractivity contribution in [1.29, 1.82) is 0 Å². The van der Waals surface area contributed by atoms with Crippen LogP contribution in [-0.4, -0.2) is 61.1 Å². The van der Waals surface area contributed by atoms with Crippen LogP contribution in [0.2, 0.25) is 0 Å². The molecule has 1 saturated heterocycles. The van der Waals surface area contributed by atoms with Crippen molar-refractivity contribution in [2.24, 2.45) is 0 Å². The van der Waals surface area contributed by atoms with E-state index in [9.17, 15) is 18.0 Å².